The van der Waals surface area contributed by atoms with Gasteiger partial charge < -0.3 is 41.9 Å². The topological polar surface area (TPSA) is 122 Å². The summed E-state index contributed by atoms with van der Waals surface area (Å²) in [7, 11) is 5.37. The zero-order valence-electron chi connectivity index (χ0n) is 24.8. The molecule has 0 bridgehead atoms. The van der Waals surface area contributed by atoms with Crippen LogP contribution in [0.1, 0.15) is 27.2 Å². The molecule has 1 aromatic rings. The van der Waals surface area contributed by atoms with Crippen LogP contribution >= 0.6 is 11.8 Å². The minimum absolute atomic E-state index is 0.232. The van der Waals surface area contributed by atoms with E-state index < -0.39 is 8.80 Å². The molecule has 0 aliphatic rings. The van der Waals surface area contributed by atoms with Crippen molar-refractivity contribution < 1.29 is 37.0 Å². The van der Waals surface area contributed by atoms with Crippen LogP contribution in [0.5, 0.6) is 0 Å². The number of ether oxygens (including phenoxy) is 5. The highest BCUT2D eigenvalue weighted by molar-refractivity contribution is 7.99. The van der Waals surface area contributed by atoms with Gasteiger partial charge in [0.25, 0.3) is 0 Å². The summed E-state index contributed by atoms with van der Waals surface area (Å²) in [5, 5.41) is 0. The maximum absolute atomic E-state index is 5.97. The van der Waals surface area contributed by atoms with E-state index >= 15 is 0 Å². The predicted octanol–water partition coefficient (Wildman–Crippen LogP) is 2.44. The molecule has 0 atom stereocenters. The van der Waals surface area contributed by atoms with Crippen LogP contribution in [0.2, 0.25) is 6.04 Å². The van der Waals surface area contributed by atoms with Crippen LogP contribution in [0.15, 0.2) is 0 Å². The van der Waals surface area contributed by atoms with Crippen LogP contribution in [-0.2, 0) is 37.0 Å². The fourth-order valence-corrected chi connectivity index (χ4v) is 7.33. The smallest absolute Gasteiger partial charge is 0.374 e. The molecule has 14 nitrogen and oxygen atoms in total. The lowest BCUT2D eigenvalue weighted by atomic mass is 10.6. The van der Waals surface area contributed by atoms with Crippen LogP contribution < -0.4 is 14.7 Å². The molecule has 0 amide bonds. The van der Waals surface area contributed by atoms with Crippen molar-refractivity contribution >= 4 is 38.4 Å². The van der Waals surface area contributed by atoms with E-state index in [1.54, 1.807) is 57.1 Å². The molecule has 228 valence electrons. The quantitative estimate of drug-likeness (QED) is 0.0932. The van der Waals surface area contributed by atoms with E-state index in [2.05, 4.69) is 4.98 Å². The number of aromatic nitrogens is 3. The SMILES string of the molecule is CCO[Si](CCCSCN(COC)c1nc(N(COC)COC)nc(N(COC)COC)n1)(OCC)OCC. The summed E-state index contributed by atoms with van der Waals surface area (Å²) in [5.74, 6) is 2.68. The lowest BCUT2D eigenvalue weighted by Gasteiger charge is -2.29. The van der Waals surface area contributed by atoms with Crippen LogP contribution in [0.25, 0.3) is 0 Å². The molecule has 1 rings (SSSR count). The summed E-state index contributed by atoms with van der Waals surface area (Å²) in [6, 6.07) is 0.756. The molecular weight excluding hydrogens is 548 g/mol. The molecule has 0 fully saturated rings. The van der Waals surface area contributed by atoms with E-state index in [1.165, 1.54) is 0 Å². The Balaban J connectivity index is 3.12. The highest BCUT2D eigenvalue weighted by Crippen LogP contribution is 2.23. The zero-order chi connectivity index (χ0) is 28.9. The number of methoxy groups -OCH3 is 5. The predicted molar refractivity (Wildman–Crippen MR) is 154 cm³/mol. The van der Waals surface area contributed by atoms with Crippen molar-refractivity contribution in [3.63, 3.8) is 0 Å². The second-order valence-corrected chi connectivity index (χ2v) is 11.9. The number of thioether (sulfide) groups is 1. The zero-order valence-corrected chi connectivity index (χ0v) is 26.7. The minimum Gasteiger partial charge on any atom is -0.374 e. The van der Waals surface area contributed by atoms with Crippen LogP contribution in [0, 0.1) is 0 Å². The van der Waals surface area contributed by atoms with Crippen molar-refractivity contribution in [2.75, 3.05) is 115 Å². The third-order valence-electron chi connectivity index (χ3n) is 4.98. The first-order chi connectivity index (χ1) is 19.0. The van der Waals surface area contributed by atoms with Gasteiger partial charge in [0.05, 0.1) is 5.88 Å². The Morgan fingerprint density at radius 1 is 0.590 bits per heavy atom. The van der Waals surface area contributed by atoms with E-state index in [4.69, 9.17) is 46.9 Å². The van der Waals surface area contributed by atoms with Gasteiger partial charge in [-0.2, -0.15) is 15.0 Å². The molecule has 39 heavy (non-hydrogen) atoms. The fourth-order valence-electron chi connectivity index (χ4n) is 3.57. The summed E-state index contributed by atoms with van der Waals surface area (Å²) >= 11 is 1.74. The molecule has 0 unspecified atom stereocenters. The maximum atomic E-state index is 5.97. The molecule has 16 heteroatoms. The Morgan fingerprint density at radius 2 is 0.949 bits per heavy atom. The van der Waals surface area contributed by atoms with Gasteiger partial charge in [0.2, 0.25) is 17.8 Å². The van der Waals surface area contributed by atoms with Crippen molar-refractivity contribution in [3.05, 3.63) is 0 Å². The average Bonchev–Trinajstić information content (AvgIpc) is 2.92. The van der Waals surface area contributed by atoms with Crippen molar-refractivity contribution in [1.29, 1.82) is 0 Å². The monoisotopic (exact) mass is 596 g/mol. The molecule has 0 saturated heterocycles. The molecule has 0 N–H and O–H groups in total. The first-order valence-electron chi connectivity index (χ1n) is 12.9. The van der Waals surface area contributed by atoms with Crippen LogP contribution in [0.3, 0.4) is 0 Å². The van der Waals surface area contributed by atoms with Gasteiger partial charge in [-0.3, -0.25) is 9.80 Å². The Morgan fingerprint density at radius 3 is 1.31 bits per heavy atom. The van der Waals surface area contributed by atoms with Crippen LogP contribution in [0.4, 0.5) is 17.8 Å². The lowest BCUT2D eigenvalue weighted by molar-refractivity contribution is 0.0712. The lowest BCUT2D eigenvalue weighted by Crippen LogP contribution is -2.46. The van der Waals surface area contributed by atoms with Crippen LogP contribution in [-0.4, -0.2) is 124 Å². The number of hydrogen-bond acceptors (Lipinski definition) is 15. The highest BCUT2D eigenvalue weighted by atomic mass is 32.2. The summed E-state index contributed by atoms with van der Waals surface area (Å²) in [6.45, 7) is 8.82. The Kier molecular flexibility index (Phi) is 19.6. The third-order valence-corrected chi connectivity index (χ3v) is 9.21. The second kappa shape index (κ2) is 21.4. The first kappa shape index (κ1) is 35.7. The maximum Gasteiger partial charge on any atom is 0.500 e. The summed E-state index contributed by atoms with van der Waals surface area (Å²) in [4.78, 5) is 19.5. The molecule has 0 aliphatic carbocycles. The fraction of sp³-hybridized carbons (Fsp3) is 0.870. The van der Waals surface area contributed by atoms with Gasteiger partial charge in [0, 0.05) is 61.4 Å². The van der Waals surface area contributed by atoms with Gasteiger partial charge in [-0.25, -0.2) is 0 Å². The van der Waals surface area contributed by atoms with E-state index in [0.717, 1.165) is 18.2 Å². The van der Waals surface area contributed by atoms with E-state index in [-0.39, 0.29) is 33.7 Å². The summed E-state index contributed by atoms with van der Waals surface area (Å²) < 4.78 is 44.8. The van der Waals surface area contributed by atoms with Crippen molar-refractivity contribution in [2.24, 2.45) is 0 Å². The largest absolute Gasteiger partial charge is 0.500 e. The van der Waals surface area contributed by atoms with Gasteiger partial charge in [-0.15, -0.1) is 11.8 Å². The molecular formula is C23H48N6O8SSi. The summed E-state index contributed by atoms with van der Waals surface area (Å²) in [6.07, 6.45) is 0.885. The van der Waals surface area contributed by atoms with Crippen molar-refractivity contribution in [1.82, 2.24) is 15.0 Å². The third kappa shape index (κ3) is 12.8. The van der Waals surface area contributed by atoms with E-state index in [9.17, 15) is 0 Å². The number of nitrogens with zero attached hydrogens (tertiary/aromatic N) is 6. The van der Waals surface area contributed by atoms with Crippen molar-refractivity contribution in [3.8, 4) is 0 Å². The second-order valence-electron chi connectivity index (χ2n) is 8.07. The van der Waals surface area contributed by atoms with E-state index in [1.807, 2.05) is 25.7 Å². The molecule has 0 radical (unpaired) electrons. The first-order valence-corrected chi connectivity index (χ1v) is 16.0. The van der Waals surface area contributed by atoms with E-state index in [0.29, 0.717) is 43.5 Å². The van der Waals surface area contributed by atoms with Gasteiger partial charge in [-0.1, -0.05) is 0 Å². The molecule has 1 aromatic heterocycles. The molecule has 0 spiro atoms. The normalized spacial score (nSPS) is 11.7. The van der Waals surface area contributed by atoms with Gasteiger partial charge in [-0.05, 0) is 32.9 Å². The van der Waals surface area contributed by atoms with Crippen molar-refractivity contribution in [2.45, 2.75) is 33.2 Å². The molecule has 0 aliphatic heterocycles. The Labute approximate surface area is 238 Å². The molecule has 1 heterocycles. The standard InChI is InChI=1S/C23H48N6O8SSi/c1-9-35-39(36-10-2,37-11-3)14-12-13-38-20-29(19-34-8)23-25-21(27(15-30-4)16-31-5)24-22(26-23)28(17-32-6)18-33-7/h9-20H2,1-8H3. The molecule has 0 saturated carbocycles. The van der Waals surface area contributed by atoms with Gasteiger partial charge >= 0.3 is 8.80 Å². The minimum atomic E-state index is -2.67. The highest BCUT2D eigenvalue weighted by Gasteiger charge is 2.39. The van der Waals surface area contributed by atoms with Gasteiger partial charge in [0.15, 0.2) is 0 Å². The number of anilines is 3. The Bertz CT molecular complexity index is 699. The summed E-state index contributed by atoms with van der Waals surface area (Å²) in [5.41, 5.74) is 0. The average molecular weight is 597 g/mol. The molecule has 0 aromatic carbocycles. The number of hydrogen-bond donors (Lipinski definition) is 0. The Hall–Kier alpha value is -1.34. The number of rotatable bonds is 25. The van der Waals surface area contributed by atoms with Gasteiger partial charge in [0.1, 0.15) is 33.7 Å².